The molecular formula is C13H17N3O2. The maximum absolute atomic E-state index is 5.59. The van der Waals surface area contributed by atoms with Gasteiger partial charge in [-0.15, -0.1) is 0 Å². The van der Waals surface area contributed by atoms with Crippen LogP contribution in [0.3, 0.4) is 0 Å². The maximum atomic E-state index is 5.59. The molecular weight excluding hydrogens is 230 g/mol. The summed E-state index contributed by atoms with van der Waals surface area (Å²) in [4.78, 5) is 4.23. The number of hydrogen-bond donors (Lipinski definition) is 1. The molecule has 2 rings (SSSR count). The molecule has 1 aromatic heterocycles. The first kappa shape index (κ1) is 12.6. The third kappa shape index (κ3) is 3.30. The average molecular weight is 247 g/mol. The first-order valence-corrected chi connectivity index (χ1v) is 6.05. The Kier molecular flexibility index (Phi) is 4.30. The van der Waals surface area contributed by atoms with E-state index in [9.17, 15) is 0 Å². The second kappa shape index (κ2) is 6.16. The van der Waals surface area contributed by atoms with Gasteiger partial charge in [-0.2, -0.15) is 4.98 Å². The predicted octanol–water partition coefficient (Wildman–Crippen LogP) is 2.06. The number of aryl methyl sites for hydroxylation is 1. The lowest BCUT2D eigenvalue weighted by Gasteiger charge is -2.04. The van der Waals surface area contributed by atoms with Gasteiger partial charge in [0.2, 0.25) is 11.7 Å². The summed E-state index contributed by atoms with van der Waals surface area (Å²) in [5.74, 6) is 1.99. The van der Waals surface area contributed by atoms with E-state index in [2.05, 4.69) is 17.1 Å². The lowest BCUT2D eigenvalue weighted by molar-refractivity contribution is 0.285. The molecule has 0 amide bonds. The monoisotopic (exact) mass is 247 g/mol. The maximum Gasteiger partial charge on any atom is 0.226 e. The molecule has 1 aromatic carbocycles. The zero-order valence-electron chi connectivity index (χ0n) is 10.4. The van der Waals surface area contributed by atoms with Gasteiger partial charge in [0.05, 0.1) is 0 Å². The smallest absolute Gasteiger partial charge is 0.226 e. The Hall–Kier alpha value is -1.88. The van der Waals surface area contributed by atoms with Gasteiger partial charge in [0.15, 0.2) is 6.61 Å². The highest BCUT2D eigenvalue weighted by atomic mass is 16.5. The predicted molar refractivity (Wildman–Crippen MR) is 67.0 cm³/mol. The summed E-state index contributed by atoms with van der Waals surface area (Å²) < 4.78 is 10.7. The first-order chi connectivity index (χ1) is 8.81. The van der Waals surface area contributed by atoms with Gasteiger partial charge in [-0.05, 0) is 24.1 Å². The normalized spacial score (nSPS) is 10.6. The van der Waals surface area contributed by atoms with E-state index in [4.69, 9.17) is 15.0 Å². The summed E-state index contributed by atoms with van der Waals surface area (Å²) in [5.41, 5.74) is 6.60. The van der Waals surface area contributed by atoms with Gasteiger partial charge in [0, 0.05) is 13.0 Å². The van der Waals surface area contributed by atoms with E-state index < -0.39 is 0 Å². The minimum atomic E-state index is 0.307. The van der Waals surface area contributed by atoms with E-state index in [1.165, 1.54) is 0 Å². The molecule has 0 bridgehead atoms. The average Bonchev–Trinajstić information content (AvgIpc) is 2.85. The van der Waals surface area contributed by atoms with Crippen molar-refractivity contribution in [2.45, 2.75) is 32.9 Å². The van der Waals surface area contributed by atoms with Gasteiger partial charge in [-0.1, -0.05) is 24.2 Å². The molecule has 2 N–H and O–H groups in total. The second-order valence-electron chi connectivity index (χ2n) is 3.99. The Morgan fingerprint density at radius 1 is 1.39 bits per heavy atom. The molecule has 0 spiro atoms. The number of ether oxygens (including phenoxy) is 1. The van der Waals surface area contributed by atoms with Crippen molar-refractivity contribution in [1.29, 1.82) is 0 Å². The Morgan fingerprint density at radius 2 is 2.28 bits per heavy atom. The standard InChI is InChI=1S/C13H17N3O2/c1-2-4-13-15-12(16-18-13)9-17-11-6-3-5-10(7-11)8-14/h3,5-7H,2,4,8-9,14H2,1H3. The van der Waals surface area contributed by atoms with Gasteiger partial charge >= 0.3 is 0 Å². The van der Waals surface area contributed by atoms with Crippen LogP contribution in [0.25, 0.3) is 0 Å². The second-order valence-corrected chi connectivity index (χ2v) is 3.99. The van der Waals surface area contributed by atoms with Crippen molar-refractivity contribution in [3.63, 3.8) is 0 Å². The van der Waals surface area contributed by atoms with E-state index in [1.54, 1.807) is 0 Å². The Balaban J connectivity index is 1.93. The minimum Gasteiger partial charge on any atom is -0.485 e. The van der Waals surface area contributed by atoms with Crippen LogP contribution in [0.4, 0.5) is 0 Å². The topological polar surface area (TPSA) is 74.2 Å². The van der Waals surface area contributed by atoms with E-state index in [1.807, 2.05) is 24.3 Å². The van der Waals surface area contributed by atoms with E-state index in [0.717, 1.165) is 24.2 Å². The molecule has 5 heteroatoms. The van der Waals surface area contributed by atoms with Gasteiger partial charge in [-0.3, -0.25) is 0 Å². The van der Waals surface area contributed by atoms with Gasteiger partial charge < -0.3 is 15.0 Å². The molecule has 18 heavy (non-hydrogen) atoms. The van der Waals surface area contributed by atoms with Gasteiger partial charge in [0.1, 0.15) is 5.75 Å². The van der Waals surface area contributed by atoms with Crippen molar-refractivity contribution in [1.82, 2.24) is 10.1 Å². The molecule has 0 aliphatic carbocycles. The highest BCUT2D eigenvalue weighted by Crippen LogP contribution is 2.14. The lowest BCUT2D eigenvalue weighted by Crippen LogP contribution is -2.00. The first-order valence-electron chi connectivity index (χ1n) is 6.05. The van der Waals surface area contributed by atoms with Crippen LogP contribution in [0.15, 0.2) is 28.8 Å². The third-order valence-electron chi connectivity index (χ3n) is 2.48. The summed E-state index contributed by atoms with van der Waals surface area (Å²) in [5, 5.41) is 3.86. The van der Waals surface area contributed by atoms with Crippen LogP contribution in [0.2, 0.25) is 0 Å². The van der Waals surface area contributed by atoms with Crippen molar-refractivity contribution in [3.05, 3.63) is 41.5 Å². The molecule has 0 fully saturated rings. The number of hydrogen-bond acceptors (Lipinski definition) is 5. The molecule has 5 nitrogen and oxygen atoms in total. The fraction of sp³-hybridized carbons (Fsp3) is 0.385. The minimum absolute atomic E-state index is 0.307. The largest absolute Gasteiger partial charge is 0.485 e. The van der Waals surface area contributed by atoms with Crippen molar-refractivity contribution in [2.75, 3.05) is 0 Å². The number of rotatable bonds is 6. The molecule has 0 atom stereocenters. The molecule has 0 saturated carbocycles. The van der Waals surface area contributed by atoms with Crippen molar-refractivity contribution >= 4 is 0 Å². The zero-order valence-corrected chi connectivity index (χ0v) is 10.4. The Labute approximate surface area is 106 Å². The van der Waals surface area contributed by atoms with E-state index in [0.29, 0.717) is 24.9 Å². The number of nitrogens with zero attached hydrogens (tertiary/aromatic N) is 2. The SMILES string of the molecule is CCCc1nc(COc2cccc(CN)c2)no1. The van der Waals surface area contributed by atoms with Crippen LogP contribution in [0.5, 0.6) is 5.75 Å². The molecule has 0 unspecified atom stereocenters. The summed E-state index contributed by atoms with van der Waals surface area (Å²) in [6.45, 7) is 2.87. The van der Waals surface area contributed by atoms with Gasteiger partial charge in [-0.25, -0.2) is 0 Å². The van der Waals surface area contributed by atoms with Crippen LogP contribution >= 0.6 is 0 Å². The van der Waals surface area contributed by atoms with Crippen LogP contribution in [0.1, 0.15) is 30.6 Å². The quantitative estimate of drug-likeness (QED) is 0.845. The van der Waals surface area contributed by atoms with Crippen LogP contribution in [-0.4, -0.2) is 10.1 Å². The number of benzene rings is 1. The third-order valence-corrected chi connectivity index (χ3v) is 2.48. The molecule has 0 aliphatic rings. The molecule has 0 aliphatic heterocycles. The summed E-state index contributed by atoms with van der Waals surface area (Å²) in [7, 11) is 0. The highest BCUT2D eigenvalue weighted by molar-refractivity contribution is 5.28. The highest BCUT2D eigenvalue weighted by Gasteiger charge is 2.06. The Morgan fingerprint density at radius 3 is 3.06 bits per heavy atom. The zero-order chi connectivity index (χ0) is 12.8. The van der Waals surface area contributed by atoms with E-state index in [-0.39, 0.29) is 0 Å². The van der Waals surface area contributed by atoms with Crippen LogP contribution in [0, 0.1) is 0 Å². The van der Waals surface area contributed by atoms with Gasteiger partial charge in [0.25, 0.3) is 0 Å². The fourth-order valence-corrected chi connectivity index (χ4v) is 1.57. The lowest BCUT2D eigenvalue weighted by atomic mass is 10.2. The number of aromatic nitrogens is 2. The van der Waals surface area contributed by atoms with Crippen LogP contribution < -0.4 is 10.5 Å². The summed E-state index contributed by atoms with van der Waals surface area (Å²) in [6.07, 6.45) is 1.79. The molecule has 96 valence electrons. The Bertz CT molecular complexity index is 496. The summed E-state index contributed by atoms with van der Waals surface area (Å²) in [6, 6.07) is 7.66. The molecule has 2 aromatic rings. The van der Waals surface area contributed by atoms with Crippen molar-refractivity contribution in [2.24, 2.45) is 5.73 Å². The summed E-state index contributed by atoms with van der Waals surface area (Å²) >= 11 is 0. The van der Waals surface area contributed by atoms with Crippen LogP contribution in [-0.2, 0) is 19.6 Å². The van der Waals surface area contributed by atoms with E-state index >= 15 is 0 Å². The molecule has 0 radical (unpaired) electrons. The molecule has 1 heterocycles. The molecule has 0 saturated heterocycles. The van der Waals surface area contributed by atoms with Crippen molar-refractivity contribution in [3.8, 4) is 5.75 Å². The number of nitrogens with two attached hydrogens (primary N) is 1. The fourth-order valence-electron chi connectivity index (χ4n) is 1.57. The van der Waals surface area contributed by atoms with Crippen molar-refractivity contribution < 1.29 is 9.26 Å².